The van der Waals surface area contributed by atoms with E-state index in [9.17, 15) is 4.79 Å². The number of aliphatic carboxylic acids is 1. The molecule has 2 bridgehead atoms. The van der Waals surface area contributed by atoms with Crippen LogP contribution >= 0.6 is 0 Å². The minimum absolute atomic E-state index is 0.303. The molecule has 0 radical (unpaired) electrons. The molecule has 2 rings (SSSR count). The maximum Gasteiger partial charge on any atom is 0.303 e. The first kappa shape index (κ1) is 19.7. The van der Waals surface area contributed by atoms with E-state index in [1.165, 1.54) is 44.9 Å². The van der Waals surface area contributed by atoms with Gasteiger partial charge in [-0.05, 0) is 30.6 Å². The van der Waals surface area contributed by atoms with Crippen LogP contribution in [-0.2, 0) is 14.6 Å². The van der Waals surface area contributed by atoms with Gasteiger partial charge >= 0.3 is 5.97 Å². The van der Waals surface area contributed by atoms with Gasteiger partial charge < -0.3 is 5.11 Å². The van der Waals surface area contributed by atoms with E-state index < -0.39 is 5.97 Å². The van der Waals surface area contributed by atoms with Gasteiger partial charge in [-0.15, -0.1) is 0 Å². The van der Waals surface area contributed by atoms with Crippen LogP contribution in [0.15, 0.2) is 0 Å². The zero-order valence-corrected chi connectivity index (χ0v) is 15.5. The second-order valence-corrected chi connectivity index (χ2v) is 7.92. The Bertz CT molecular complexity index is 371. The molecule has 1 unspecified atom stereocenters. The summed E-state index contributed by atoms with van der Waals surface area (Å²) in [5.41, 5.74) is 0. The maximum atomic E-state index is 10.5. The summed E-state index contributed by atoms with van der Waals surface area (Å²) in [6.45, 7) is 4.66. The third-order valence-electron chi connectivity index (χ3n) is 6.02. The highest BCUT2D eigenvalue weighted by molar-refractivity contribution is 5.66. The molecule has 4 heteroatoms. The quantitative estimate of drug-likeness (QED) is 0.362. The van der Waals surface area contributed by atoms with Crippen LogP contribution in [-0.4, -0.2) is 23.3 Å². The summed E-state index contributed by atoms with van der Waals surface area (Å²) in [5.74, 6) is 1.34. The van der Waals surface area contributed by atoms with Crippen molar-refractivity contribution in [3.63, 3.8) is 0 Å². The molecule has 1 aliphatic carbocycles. The molecule has 4 nitrogen and oxygen atoms in total. The minimum Gasteiger partial charge on any atom is -0.481 e. The first-order chi connectivity index (χ1) is 11.6. The van der Waals surface area contributed by atoms with Gasteiger partial charge in [-0.1, -0.05) is 65.2 Å². The molecule has 5 atom stereocenters. The van der Waals surface area contributed by atoms with Crippen LogP contribution in [0.2, 0.25) is 0 Å². The SMILES string of the molecule is CCCCCCC(C)[C@H]1[C@@H](CCCCCCC(=O)O)[C@H]2C[C@H]1OO2. The van der Waals surface area contributed by atoms with Crippen molar-refractivity contribution in [2.75, 3.05) is 0 Å². The van der Waals surface area contributed by atoms with Gasteiger partial charge in [-0.2, -0.15) is 0 Å². The molecule has 2 fully saturated rings. The highest BCUT2D eigenvalue weighted by atomic mass is 17.2. The average molecular weight is 341 g/mol. The first-order valence-electron chi connectivity index (χ1n) is 10.2. The number of rotatable bonds is 13. The molecule has 1 saturated heterocycles. The summed E-state index contributed by atoms with van der Waals surface area (Å²) in [6.07, 6.45) is 14.0. The Labute approximate surface area is 147 Å². The van der Waals surface area contributed by atoms with Crippen molar-refractivity contribution < 1.29 is 19.7 Å². The van der Waals surface area contributed by atoms with Crippen molar-refractivity contribution in [3.8, 4) is 0 Å². The van der Waals surface area contributed by atoms with Crippen molar-refractivity contribution in [2.45, 2.75) is 103 Å². The second kappa shape index (κ2) is 10.4. The minimum atomic E-state index is -0.675. The Kier molecular flexibility index (Phi) is 8.54. The molecule has 1 aliphatic heterocycles. The number of fused-ring (bicyclic) bond motifs is 2. The average Bonchev–Trinajstić information content (AvgIpc) is 3.15. The third-order valence-corrected chi connectivity index (χ3v) is 6.02. The Morgan fingerprint density at radius 1 is 1.04 bits per heavy atom. The lowest BCUT2D eigenvalue weighted by atomic mass is 9.78. The van der Waals surface area contributed by atoms with Gasteiger partial charge in [-0.3, -0.25) is 4.79 Å². The molecule has 1 heterocycles. The monoisotopic (exact) mass is 340 g/mol. The Hall–Kier alpha value is -0.610. The third kappa shape index (κ3) is 5.73. The van der Waals surface area contributed by atoms with Crippen LogP contribution in [0.5, 0.6) is 0 Å². The number of hydrogen-bond acceptors (Lipinski definition) is 3. The molecular formula is C20H36O4. The number of carboxylic acid groups (broad SMARTS) is 1. The van der Waals surface area contributed by atoms with Crippen LogP contribution in [0.1, 0.15) is 90.9 Å². The fraction of sp³-hybridized carbons (Fsp3) is 0.950. The van der Waals surface area contributed by atoms with Gasteiger partial charge in [0, 0.05) is 12.8 Å². The summed E-state index contributed by atoms with van der Waals surface area (Å²) in [5, 5.41) is 8.68. The predicted octanol–water partition coefficient (Wildman–Crippen LogP) is 5.35. The van der Waals surface area contributed by atoms with Gasteiger partial charge in [0.25, 0.3) is 0 Å². The predicted molar refractivity (Wildman–Crippen MR) is 94.6 cm³/mol. The zero-order valence-electron chi connectivity index (χ0n) is 15.5. The molecule has 24 heavy (non-hydrogen) atoms. The standard InChI is InChI=1S/C20H36O4/c1-3-4-5-8-11-15(2)20-16(17-14-18(20)24-23-17)12-9-6-7-10-13-19(21)22/h15-18,20H,3-14H2,1-2H3,(H,21,22)/t15?,16-,17+,18+,20-/m0/s1. The van der Waals surface area contributed by atoms with Gasteiger partial charge in [-0.25, -0.2) is 9.78 Å². The molecule has 0 spiro atoms. The largest absolute Gasteiger partial charge is 0.481 e. The molecule has 0 aromatic heterocycles. The highest BCUT2D eigenvalue weighted by Crippen LogP contribution is 2.48. The normalized spacial score (nSPS) is 29.9. The van der Waals surface area contributed by atoms with E-state index >= 15 is 0 Å². The van der Waals surface area contributed by atoms with E-state index in [1.54, 1.807) is 0 Å². The number of unbranched alkanes of at least 4 members (excludes halogenated alkanes) is 6. The Morgan fingerprint density at radius 3 is 2.50 bits per heavy atom. The maximum absolute atomic E-state index is 10.5. The highest BCUT2D eigenvalue weighted by Gasteiger charge is 2.51. The number of hydrogen-bond donors (Lipinski definition) is 1. The fourth-order valence-corrected chi connectivity index (χ4v) is 4.70. The van der Waals surface area contributed by atoms with E-state index in [2.05, 4.69) is 13.8 Å². The van der Waals surface area contributed by atoms with Crippen molar-refractivity contribution in [1.82, 2.24) is 0 Å². The molecule has 2 aliphatic rings. The van der Waals surface area contributed by atoms with E-state index in [0.29, 0.717) is 30.5 Å². The molecule has 0 aromatic rings. The van der Waals surface area contributed by atoms with Crippen LogP contribution in [0.3, 0.4) is 0 Å². The van der Waals surface area contributed by atoms with E-state index in [4.69, 9.17) is 14.9 Å². The lowest BCUT2D eigenvalue weighted by molar-refractivity contribution is -0.345. The van der Waals surface area contributed by atoms with Crippen LogP contribution in [0, 0.1) is 17.8 Å². The Morgan fingerprint density at radius 2 is 1.75 bits per heavy atom. The molecule has 1 N–H and O–H groups in total. The van der Waals surface area contributed by atoms with Crippen molar-refractivity contribution in [1.29, 1.82) is 0 Å². The lowest BCUT2D eigenvalue weighted by Crippen LogP contribution is -2.34. The van der Waals surface area contributed by atoms with E-state index in [-0.39, 0.29) is 0 Å². The molecule has 0 aromatic carbocycles. The molecule has 0 amide bonds. The summed E-state index contributed by atoms with van der Waals surface area (Å²) >= 11 is 0. The topological polar surface area (TPSA) is 55.8 Å². The van der Waals surface area contributed by atoms with Crippen LogP contribution in [0.4, 0.5) is 0 Å². The van der Waals surface area contributed by atoms with Gasteiger partial charge in [0.1, 0.15) is 0 Å². The van der Waals surface area contributed by atoms with Crippen LogP contribution in [0.25, 0.3) is 0 Å². The van der Waals surface area contributed by atoms with E-state index in [1.807, 2.05) is 0 Å². The number of carboxylic acids is 1. The fourth-order valence-electron chi connectivity index (χ4n) is 4.70. The van der Waals surface area contributed by atoms with Crippen molar-refractivity contribution in [2.24, 2.45) is 17.8 Å². The first-order valence-corrected chi connectivity index (χ1v) is 10.2. The summed E-state index contributed by atoms with van der Waals surface area (Å²) in [4.78, 5) is 21.6. The molecular weight excluding hydrogens is 304 g/mol. The van der Waals surface area contributed by atoms with Crippen molar-refractivity contribution in [3.05, 3.63) is 0 Å². The number of carbonyl (C=O) groups is 1. The van der Waals surface area contributed by atoms with Gasteiger partial charge in [0.15, 0.2) is 0 Å². The molecule has 1 saturated carbocycles. The smallest absolute Gasteiger partial charge is 0.303 e. The van der Waals surface area contributed by atoms with Gasteiger partial charge in [0.05, 0.1) is 12.2 Å². The summed E-state index contributed by atoms with van der Waals surface area (Å²) in [7, 11) is 0. The van der Waals surface area contributed by atoms with Crippen molar-refractivity contribution >= 4 is 5.97 Å². The summed E-state index contributed by atoms with van der Waals surface area (Å²) in [6, 6.07) is 0. The van der Waals surface area contributed by atoms with Crippen LogP contribution < -0.4 is 0 Å². The second-order valence-electron chi connectivity index (χ2n) is 7.92. The van der Waals surface area contributed by atoms with Gasteiger partial charge in [0.2, 0.25) is 0 Å². The zero-order chi connectivity index (χ0) is 17.4. The Balaban J connectivity index is 1.70. The lowest BCUT2D eigenvalue weighted by Gasteiger charge is -2.34. The van der Waals surface area contributed by atoms with E-state index in [0.717, 1.165) is 31.6 Å². The summed E-state index contributed by atoms with van der Waals surface area (Å²) < 4.78 is 0. The molecule has 140 valence electrons.